The molecule has 0 aromatic carbocycles. The van der Waals surface area contributed by atoms with E-state index in [9.17, 15) is 4.79 Å². The van der Waals surface area contributed by atoms with Gasteiger partial charge in [-0.3, -0.25) is 9.78 Å². The van der Waals surface area contributed by atoms with E-state index < -0.39 is 0 Å². The zero-order valence-electron chi connectivity index (χ0n) is 18.0. The number of nitrogens with zero attached hydrogens (tertiary/aromatic N) is 7. The number of pyridine rings is 1. The number of ether oxygens (including phenoxy) is 1. The topological polar surface area (TPSA) is 123 Å². The molecular weight excluding hydrogens is 440 g/mol. The number of anilines is 2. The third-order valence-corrected chi connectivity index (χ3v) is 6.40. The molecule has 1 saturated heterocycles. The molecule has 168 valence electrons. The minimum atomic E-state index is -0.176. The first-order valence-electron chi connectivity index (χ1n) is 10.4. The smallest absolute Gasteiger partial charge is 0.255 e. The average molecular weight is 463 g/mol. The van der Waals surface area contributed by atoms with Crippen molar-refractivity contribution in [2.24, 2.45) is 0 Å². The molecule has 4 aromatic heterocycles. The number of carbonyl (C=O) groups is 1. The van der Waals surface area contributed by atoms with E-state index in [0.717, 1.165) is 20.7 Å². The Morgan fingerprint density at radius 3 is 2.91 bits per heavy atom. The fourth-order valence-electron chi connectivity index (χ4n) is 3.67. The molecule has 0 bridgehead atoms. The Kier molecular flexibility index (Phi) is 5.80. The van der Waals surface area contributed by atoms with Crippen LogP contribution in [0.2, 0.25) is 0 Å². The van der Waals surface area contributed by atoms with Gasteiger partial charge in [-0.05, 0) is 18.2 Å². The van der Waals surface area contributed by atoms with Gasteiger partial charge in [0.1, 0.15) is 10.9 Å². The molecule has 4 aromatic rings. The molecule has 5 rings (SSSR count). The Balaban J connectivity index is 1.30. The van der Waals surface area contributed by atoms with Gasteiger partial charge in [-0.2, -0.15) is 0 Å². The maximum atomic E-state index is 12.6. The molecule has 0 aliphatic carbocycles. The van der Waals surface area contributed by atoms with E-state index in [2.05, 4.69) is 24.8 Å². The summed E-state index contributed by atoms with van der Waals surface area (Å²) in [5.41, 5.74) is 7.03. The van der Waals surface area contributed by atoms with E-state index in [4.69, 9.17) is 15.5 Å². The molecule has 0 radical (unpaired) electrons. The first-order valence-corrected chi connectivity index (χ1v) is 11.2. The Hall–Kier alpha value is -3.70. The van der Waals surface area contributed by atoms with Gasteiger partial charge in [0.15, 0.2) is 0 Å². The van der Waals surface area contributed by atoms with Crippen LogP contribution in [0, 0.1) is 0 Å². The summed E-state index contributed by atoms with van der Waals surface area (Å²) in [6, 6.07) is 5.55. The number of nitrogens with two attached hydrogens (primary N) is 1. The van der Waals surface area contributed by atoms with Crippen LogP contribution in [0.5, 0.6) is 0 Å². The Labute approximate surface area is 194 Å². The number of carbonyl (C=O) groups excluding carboxylic acids is 1. The van der Waals surface area contributed by atoms with Gasteiger partial charge in [-0.15, -0.1) is 11.3 Å². The molecule has 1 atom stereocenters. The molecule has 0 spiro atoms. The maximum absolute atomic E-state index is 12.6. The summed E-state index contributed by atoms with van der Waals surface area (Å²) >= 11 is 1.56. The number of hydrogen-bond acceptors (Lipinski definition) is 10. The molecule has 1 aliphatic rings. The van der Waals surface area contributed by atoms with Crippen LogP contribution in [-0.4, -0.2) is 62.5 Å². The van der Waals surface area contributed by atoms with Gasteiger partial charge in [-0.25, -0.2) is 19.9 Å². The van der Waals surface area contributed by atoms with Gasteiger partial charge in [0.05, 0.1) is 25.3 Å². The van der Waals surface area contributed by atoms with Gasteiger partial charge in [0, 0.05) is 60.4 Å². The Bertz CT molecular complexity index is 1260. The summed E-state index contributed by atoms with van der Waals surface area (Å²) in [5, 5.41) is 0.956. The zero-order valence-corrected chi connectivity index (χ0v) is 18.8. The Morgan fingerprint density at radius 1 is 1.27 bits per heavy atom. The van der Waals surface area contributed by atoms with E-state index in [1.54, 1.807) is 60.2 Å². The molecule has 2 N–H and O–H groups in total. The molecule has 0 saturated carbocycles. The molecule has 5 heterocycles. The second kappa shape index (κ2) is 9.04. The summed E-state index contributed by atoms with van der Waals surface area (Å²) < 4.78 is 5.89. The van der Waals surface area contributed by atoms with Crippen LogP contribution in [0.25, 0.3) is 10.2 Å². The highest BCUT2D eigenvalue weighted by Crippen LogP contribution is 2.28. The van der Waals surface area contributed by atoms with Crippen LogP contribution in [0.1, 0.15) is 26.9 Å². The largest absolute Gasteiger partial charge is 0.370 e. The lowest BCUT2D eigenvalue weighted by atomic mass is 10.1. The van der Waals surface area contributed by atoms with Crippen LogP contribution in [-0.2, 0) is 11.3 Å². The van der Waals surface area contributed by atoms with Crippen molar-refractivity contribution in [1.29, 1.82) is 0 Å². The second-order valence-electron chi connectivity index (χ2n) is 7.73. The van der Waals surface area contributed by atoms with Crippen LogP contribution >= 0.6 is 11.3 Å². The van der Waals surface area contributed by atoms with Crippen LogP contribution in [0.15, 0.2) is 49.2 Å². The average Bonchev–Trinajstić information content (AvgIpc) is 3.26. The molecule has 1 unspecified atom stereocenters. The van der Waals surface area contributed by atoms with E-state index in [-0.39, 0.29) is 18.0 Å². The van der Waals surface area contributed by atoms with E-state index in [1.807, 2.05) is 12.3 Å². The summed E-state index contributed by atoms with van der Waals surface area (Å²) in [6.07, 6.45) is 8.26. The minimum absolute atomic E-state index is 0.0710. The molecule has 1 aliphatic heterocycles. The van der Waals surface area contributed by atoms with Crippen molar-refractivity contribution in [3.05, 3.63) is 65.2 Å². The number of fused-ring (bicyclic) bond motifs is 1. The molecular formula is C22H22N8O2S. The molecule has 33 heavy (non-hydrogen) atoms. The lowest BCUT2D eigenvalue weighted by Gasteiger charge is -2.32. The molecule has 1 amide bonds. The molecule has 11 heteroatoms. The minimum Gasteiger partial charge on any atom is -0.370 e. The third kappa shape index (κ3) is 4.59. The highest BCUT2D eigenvalue weighted by Gasteiger charge is 2.25. The standard InChI is InChI=1S/C22H22N8O2S/c1-29(20(31)14-3-2-4-24-8-14)12-17-7-15-9-27-22(28-19(15)33-17)30-5-6-32-18(13-30)16-10-25-21(23)26-11-16/h2-4,7-11,18H,5-6,12-13H2,1H3,(H2,23,25,26). The van der Waals surface area contributed by atoms with Crippen molar-refractivity contribution in [3.8, 4) is 0 Å². The maximum Gasteiger partial charge on any atom is 0.255 e. The summed E-state index contributed by atoms with van der Waals surface area (Å²) in [7, 11) is 1.78. The summed E-state index contributed by atoms with van der Waals surface area (Å²) in [5.74, 6) is 0.820. The van der Waals surface area contributed by atoms with Crippen LogP contribution in [0.3, 0.4) is 0 Å². The van der Waals surface area contributed by atoms with Crippen molar-refractivity contribution >= 4 is 39.4 Å². The highest BCUT2D eigenvalue weighted by atomic mass is 32.1. The van der Waals surface area contributed by atoms with Crippen molar-refractivity contribution < 1.29 is 9.53 Å². The first-order chi connectivity index (χ1) is 16.1. The fraction of sp³-hybridized carbons (Fsp3) is 0.273. The van der Waals surface area contributed by atoms with E-state index in [1.165, 1.54) is 0 Å². The normalized spacial score (nSPS) is 16.2. The first kappa shape index (κ1) is 21.2. The van der Waals surface area contributed by atoms with Gasteiger partial charge in [0.2, 0.25) is 11.9 Å². The van der Waals surface area contributed by atoms with E-state index in [0.29, 0.717) is 37.8 Å². The predicted molar refractivity (Wildman–Crippen MR) is 125 cm³/mol. The fourth-order valence-corrected chi connectivity index (χ4v) is 4.72. The number of morpholine rings is 1. The van der Waals surface area contributed by atoms with Crippen molar-refractivity contribution in [3.63, 3.8) is 0 Å². The summed E-state index contributed by atoms with van der Waals surface area (Å²) in [4.78, 5) is 39.8. The van der Waals surface area contributed by atoms with Crippen molar-refractivity contribution in [2.75, 3.05) is 37.4 Å². The summed E-state index contributed by atoms with van der Waals surface area (Å²) in [6.45, 7) is 2.33. The van der Waals surface area contributed by atoms with Crippen molar-refractivity contribution in [1.82, 2.24) is 29.8 Å². The number of nitrogen functional groups attached to an aromatic ring is 1. The number of hydrogen-bond donors (Lipinski definition) is 1. The van der Waals surface area contributed by atoms with Crippen molar-refractivity contribution in [2.45, 2.75) is 12.6 Å². The monoisotopic (exact) mass is 462 g/mol. The van der Waals surface area contributed by atoms with Gasteiger partial charge in [0.25, 0.3) is 5.91 Å². The SMILES string of the molecule is CN(Cc1cc2cnc(N3CCOC(c4cnc(N)nc4)C3)nc2s1)C(=O)c1cccnc1. The lowest BCUT2D eigenvalue weighted by Crippen LogP contribution is -2.39. The third-order valence-electron chi connectivity index (χ3n) is 5.37. The zero-order chi connectivity index (χ0) is 22.8. The van der Waals surface area contributed by atoms with Crippen LogP contribution in [0.4, 0.5) is 11.9 Å². The highest BCUT2D eigenvalue weighted by molar-refractivity contribution is 7.18. The number of aromatic nitrogens is 5. The molecule has 10 nitrogen and oxygen atoms in total. The molecule has 1 fully saturated rings. The predicted octanol–water partition coefficient (Wildman–Crippen LogP) is 2.31. The van der Waals surface area contributed by atoms with Gasteiger partial charge >= 0.3 is 0 Å². The second-order valence-corrected chi connectivity index (χ2v) is 8.84. The van der Waals surface area contributed by atoms with E-state index >= 15 is 0 Å². The number of rotatable bonds is 5. The number of thiophene rings is 1. The lowest BCUT2D eigenvalue weighted by molar-refractivity contribution is 0.0388. The number of amides is 1. The van der Waals surface area contributed by atoms with Gasteiger partial charge in [-0.1, -0.05) is 0 Å². The van der Waals surface area contributed by atoms with Crippen LogP contribution < -0.4 is 10.6 Å². The quantitative estimate of drug-likeness (QED) is 0.476. The Morgan fingerprint density at radius 2 is 2.12 bits per heavy atom. The van der Waals surface area contributed by atoms with Gasteiger partial charge < -0.3 is 20.3 Å².